The summed E-state index contributed by atoms with van der Waals surface area (Å²) in [5.74, 6) is -0.641. The van der Waals surface area contributed by atoms with E-state index in [4.69, 9.17) is 4.74 Å². The Morgan fingerprint density at radius 3 is 2.39 bits per heavy atom. The monoisotopic (exact) mass is 268 g/mol. The van der Waals surface area contributed by atoms with E-state index in [0.29, 0.717) is 13.0 Å². The first-order chi connectivity index (χ1) is 8.09. The fourth-order valence-corrected chi connectivity index (χ4v) is 1.86. The number of nitrogens with one attached hydrogen (secondary N) is 2. The van der Waals surface area contributed by atoms with E-state index in [1.165, 1.54) is 0 Å². The van der Waals surface area contributed by atoms with E-state index < -0.39 is 29.8 Å². The van der Waals surface area contributed by atoms with Crippen LogP contribution in [0.3, 0.4) is 0 Å². The van der Waals surface area contributed by atoms with Crippen LogP contribution in [0.25, 0.3) is 0 Å². The van der Waals surface area contributed by atoms with E-state index in [-0.39, 0.29) is 6.54 Å². The van der Waals surface area contributed by atoms with Gasteiger partial charge in [0.05, 0.1) is 0 Å². The summed E-state index contributed by atoms with van der Waals surface area (Å²) in [6.45, 7) is 5.60. The fraction of sp³-hybridized carbons (Fsp3) is 0.909. The average Bonchev–Trinajstić information content (AvgIpc) is 2.61. The maximum absolute atomic E-state index is 12.9. The molecule has 0 unspecified atom stereocenters. The van der Waals surface area contributed by atoms with Gasteiger partial charge in [-0.25, -0.2) is 4.79 Å². The van der Waals surface area contributed by atoms with Gasteiger partial charge in [0.25, 0.3) is 0 Å². The number of alkyl halides is 3. The molecule has 0 radical (unpaired) electrons. The Morgan fingerprint density at radius 2 is 2.00 bits per heavy atom. The summed E-state index contributed by atoms with van der Waals surface area (Å²) < 4.78 is 43.5. The third kappa shape index (κ3) is 4.72. The Balaban J connectivity index is 2.64. The molecule has 1 fully saturated rings. The molecule has 1 saturated heterocycles. The summed E-state index contributed by atoms with van der Waals surface area (Å²) in [6, 6.07) is -1.86. The molecule has 0 spiro atoms. The van der Waals surface area contributed by atoms with Crippen LogP contribution in [0.2, 0.25) is 0 Å². The number of rotatable bonds is 2. The van der Waals surface area contributed by atoms with Crippen LogP contribution < -0.4 is 10.6 Å². The molecule has 1 amide bonds. The van der Waals surface area contributed by atoms with Crippen LogP contribution in [-0.4, -0.2) is 37.0 Å². The third-order valence-electron chi connectivity index (χ3n) is 2.59. The number of carbonyl (C=O) groups excluding carboxylic acids is 1. The maximum atomic E-state index is 12.9. The fourth-order valence-electron chi connectivity index (χ4n) is 1.86. The minimum Gasteiger partial charge on any atom is -0.444 e. The van der Waals surface area contributed by atoms with Crippen LogP contribution in [0.4, 0.5) is 18.0 Å². The molecule has 1 aliphatic heterocycles. The zero-order valence-electron chi connectivity index (χ0n) is 10.7. The lowest BCUT2D eigenvalue weighted by atomic mass is 9.98. The van der Waals surface area contributed by atoms with E-state index in [1.807, 2.05) is 5.32 Å². The van der Waals surface area contributed by atoms with Gasteiger partial charge in [-0.2, -0.15) is 13.2 Å². The largest absolute Gasteiger partial charge is 0.444 e. The average molecular weight is 268 g/mol. The molecule has 0 bridgehead atoms. The van der Waals surface area contributed by atoms with E-state index >= 15 is 0 Å². The Labute approximate surface area is 104 Å². The summed E-state index contributed by atoms with van der Waals surface area (Å²) in [5, 5.41) is 4.78. The Kier molecular flexibility index (Phi) is 4.47. The van der Waals surface area contributed by atoms with Crippen molar-refractivity contribution in [3.63, 3.8) is 0 Å². The van der Waals surface area contributed by atoms with Crippen LogP contribution in [0, 0.1) is 5.92 Å². The molecule has 1 aliphatic rings. The molecule has 0 aliphatic carbocycles. The first-order valence-corrected chi connectivity index (χ1v) is 5.86. The first kappa shape index (κ1) is 15.1. The molecule has 18 heavy (non-hydrogen) atoms. The van der Waals surface area contributed by atoms with Gasteiger partial charge in [-0.3, -0.25) is 0 Å². The Morgan fingerprint density at radius 1 is 1.39 bits per heavy atom. The van der Waals surface area contributed by atoms with Crippen LogP contribution in [0.1, 0.15) is 27.2 Å². The number of ether oxygens (including phenoxy) is 1. The molecule has 2 atom stereocenters. The van der Waals surface area contributed by atoms with Gasteiger partial charge < -0.3 is 15.4 Å². The summed E-state index contributed by atoms with van der Waals surface area (Å²) in [7, 11) is 0. The number of carbonyl (C=O) groups is 1. The standard InChI is InChI=1S/C11H19F3N2O2/c1-10(2,3)18-9(17)16-8(11(12,13)14)7-4-5-15-6-7/h7-8,15H,4-6H2,1-3H3,(H,16,17)/t7-,8-/m1/s1. The minimum atomic E-state index is -4.46. The van der Waals surface area contributed by atoms with Gasteiger partial charge in [0, 0.05) is 12.5 Å². The van der Waals surface area contributed by atoms with Crippen LogP contribution >= 0.6 is 0 Å². The lowest BCUT2D eigenvalue weighted by molar-refractivity contribution is -0.165. The van der Waals surface area contributed by atoms with Crippen molar-refractivity contribution in [1.29, 1.82) is 0 Å². The molecular weight excluding hydrogens is 249 g/mol. The van der Waals surface area contributed by atoms with Crippen LogP contribution in [0.5, 0.6) is 0 Å². The normalized spacial score (nSPS) is 22.7. The predicted molar refractivity (Wildman–Crippen MR) is 60.2 cm³/mol. The van der Waals surface area contributed by atoms with Crippen molar-refractivity contribution in [2.45, 2.75) is 45.0 Å². The quantitative estimate of drug-likeness (QED) is 0.806. The van der Waals surface area contributed by atoms with Crippen molar-refractivity contribution in [2.24, 2.45) is 5.92 Å². The second-order valence-electron chi connectivity index (χ2n) is 5.42. The highest BCUT2D eigenvalue weighted by atomic mass is 19.4. The van der Waals surface area contributed by atoms with Crippen molar-refractivity contribution in [3.8, 4) is 0 Å². The SMILES string of the molecule is CC(C)(C)OC(=O)N[C@H]([C@@H]1CCNC1)C(F)(F)F. The number of alkyl carbamates (subject to hydrolysis) is 1. The summed E-state index contributed by atoms with van der Waals surface area (Å²) in [4.78, 5) is 11.4. The highest BCUT2D eigenvalue weighted by Gasteiger charge is 2.46. The Bertz CT molecular complexity index is 294. The topological polar surface area (TPSA) is 50.4 Å². The molecule has 0 saturated carbocycles. The molecule has 0 aromatic rings. The Hall–Kier alpha value is -0.980. The summed E-state index contributed by atoms with van der Waals surface area (Å²) in [6.07, 6.45) is -5.11. The molecular formula is C11H19F3N2O2. The van der Waals surface area contributed by atoms with Crippen molar-refractivity contribution in [2.75, 3.05) is 13.1 Å². The van der Waals surface area contributed by atoms with E-state index in [1.54, 1.807) is 20.8 Å². The van der Waals surface area contributed by atoms with Crippen molar-refractivity contribution in [1.82, 2.24) is 10.6 Å². The van der Waals surface area contributed by atoms with E-state index in [2.05, 4.69) is 5.32 Å². The second-order valence-corrected chi connectivity index (χ2v) is 5.42. The zero-order chi connectivity index (χ0) is 14.0. The number of halogens is 3. The highest BCUT2D eigenvalue weighted by Crippen LogP contribution is 2.29. The van der Waals surface area contributed by atoms with Crippen LogP contribution in [0.15, 0.2) is 0 Å². The summed E-state index contributed by atoms with van der Waals surface area (Å²) >= 11 is 0. The highest BCUT2D eigenvalue weighted by molar-refractivity contribution is 5.68. The zero-order valence-corrected chi connectivity index (χ0v) is 10.7. The van der Waals surface area contributed by atoms with Gasteiger partial charge >= 0.3 is 12.3 Å². The molecule has 4 nitrogen and oxygen atoms in total. The summed E-state index contributed by atoms with van der Waals surface area (Å²) in [5.41, 5.74) is -0.811. The van der Waals surface area contributed by atoms with E-state index in [9.17, 15) is 18.0 Å². The third-order valence-corrected chi connectivity index (χ3v) is 2.59. The van der Waals surface area contributed by atoms with Crippen molar-refractivity contribution in [3.05, 3.63) is 0 Å². The molecule has 1 rings (SSSR count). The molecule has 1 heterocycles. The van der Waals surface area contributed by atoms with Gasteiger partial charge in [-0.15, -0.1) is 0 Å². The number of hydrogen-bond donors (Lipinski definition) is 2. The van der Waals surface area contributed by atoms with Crippen molar-refractivity contribution >= 4 is 6.09 Å². The smallest absolute Gasteiger partial charge is 0.409 e. The number of amides is 1. The van der Waals surface area contributed by atoms with Gasteiger partial charge in [0.15, 0.2) is 0 Å². The number of hydrogen-bond acceptors (Lipinski definition) is 3. The predicted octanol–water partition coefficient (Wildman–Crippen LogP) is 2.05. The minimum absolute atomic E-state index is 0.250. The molecule has 106 valence electrons. The molecule has 0 aromatic heterocycles. The lowest BCUT2D eigenvalue weighted by Crippen LogP contribution is -2.51. The van der Waals surface area contributed by atoms with Gasteiger partial charge in [-0.1, -0.05) is 0 Å². The van der Waals surface area contributed by atoms with Crippen molar-refractivity contribution < 1.29 is 22.7 Å². The maximum Gasteiger partial charge on any atom is 0.409 e. The second kappa shape index (κ2) is 5.34. The van der Waals surface area contributed by atoms with Gasteiger partial charge in [-0.05, 0) is 33.7 Å². The lowest BCUT2D eigenvalue weighted by Gasteiger charge is -2.28. The molecule has 2 N–H and O–H groups in total. The van der Waals surface area contributed by atoms with Gasteiger partial charge in [0.2, 0.25) is 0 Å². The first-order valence-electron chi connectivity index (χ1n) is 5.86. The van der Waals surface area contributed by atoms with Gasteiger partial charge in [0.1, 0.15) is 11.6 Å². The molecule has 7 heteroatoms. The molecule has 0 aromatic carbocycles. The van der Waals surface area contributed by atoms with Crippen LogP contribution in [-0.2, 0) is 4.74 Å². The van der Waals surface area contributed by atoms with E-state index in [0.717, 1.165) is 0 Å².